The lowest BCUT2D eigenvalue weighted by molar-refractivity contribution is -0.122. The Morgan fingerprint density at radius 1 is 1.00 bits per heavy atom. The molecule has 134 valence electrons. The maximum atomic E-state index is 12.5. The van der Waals surface area contributed by atoms with Gasteiger partial charge in [0, 0.05) is 5.39 Å². The number of rotatable bonds is 4. The summed E-state index contributed by atoms with van der Waals surface area (Å²) in [4.78, 5) is 24.9. The zero-order chi connectivity index (χ0) is 18.8. The summed E-state index contributed by atoms with van der Waals surface area (Å²) < 4.78 is 1.20. The van der Waals surface area contributed by atoms with Crippen molar-refractivity contribution in [1.82, 2.24) is 15.1 Å². The van der Waals surface area contributed by atoms with E-state index in [1.807, 2.05) is 49.4 Å². The predicted octanol–water partition coefficient (Wildman–Crippen LogP) is 3.43. The molecule has 0 fully saturated rings. The van der Waals surface area contributed by atoms with E-state index in [2.05, 4.69) is 22.5 Å². The maximum absolute atomic E-state index is 12.5. The number of aromatic nitrogens is 2. The van der Waals surface area contributed by atoms with Crippen LogP contribution in [0.15, 0.2) is 77.7 Å². The van der Waals surface area contributed by atoms with Gasteiger partial charge in [-0.05, 0) is 35.4 Å². The summed E-state index contributed by atoms with van der Waals surface area (Å²) in [6, 6.07) is 21.3. The highest BCUT2D eigenvalue weighted by molar-refractivity contribution is 5.84. The Morgan fingerprint density at radius 3 is 2.52 bits per heavy atom. The average Bonchev–Trinajstić information content (AvgIpc) is 2.70. The molecule has 0 radical (unpaired) electrons. The standard InChI is InChI=1S/C22H19N3O2/c1-15(17-11-10-16-6-2-3-7-18(16)12-17)24-21(26)14-25-22(27)20-9-5-4-8-19(20)13-23-25/h2-13,15H,14H2,1H3,(H,24,26). The van der Waals surface area contributed by atoms with Crippen molar-refractivity contribution in [1.29, 1.82) is 0 Å². The zero-order valence-electron chi connectivity index (χ0n) is 14.9. The number of fused-ring (bicyclic) bond motifs is 2. The molecule has 27 heavy (non-hydrogen) atoms. The molecule has 4 rings (SSSR count). The summed E-state index contributed by atoms with van der Waals surface area (Å²) in [5.74, 6) is -0.250. The lowest BCUT2D eigenvalue weighted by Gasteiger charge is -2.15. The molecular weight excluding hydrogens is 338 g/mol. The van der Waals surface area contributed by atoms with Crippen LogP contribution in [0.5, 0.6) is 0 Å². The first-order chi connectivity index (χ1) is 13.1. The van der Waals surface area contributed by atoms with Crippen LogP contribution in [0.4, 0.5) is 0 Å². The second-order valence-corrected chi connectivity index (χ2v) is 6.59. The number of nitrogens with one attached hydrogen (secondary N) is 1. The molecule has 0 saturated carbocycles. The third-order valence-electron chi connectivity index (χ3n) is 4.71. The average molecular weight is 357 g/mol. The number of hydrogen-bond donors (Lipinski definition) is 1. The van der Waals surface area contributed by atoms with E-state index in [0.29, 0.717) is 5.39 Å². The second kappa shape index (κ2) is 7.03. The molecule has 0 saturated heterocycles. The van der Waals surface area contributed by atoms with Gasteiger partial charge in [0.25, 0.3) is 5.56 Å². The summed E-state index contributed by atoms with van der Waals surface area (Å²) >= 11 is 0. The third-order valence-corrected chi connectivity index (χ3v) is 4.71. The van der Waals surface area contributed by atoms with Gasteiger partial charge < -0.3 is 5.32 Å². The normalized spacial score (nSPS) is 12.2. The lowest BCUT2D eigenvalue weighted by Crippen LogP contribution is -2.34. The highest BCUT2D eigenvalue weighted by Crippen LogP contribution is 2.20. The van der Waals surface area contributed by atoms with E-state index in [0.717, 1.165) is 21.7 Å². The van der Waals surface area contributed by atoms with Crippen molar-refractivity contribution in [3.05, 3.63) is 88.8 Å². The van der Waals surface area contributed by atoms with E-state index >= 15 is 0 Å². The fraction of sp³-hybridized carbons (Fsp3) is 0.136. The first-order valence-corrected chi connectivity index (χ1v) is 8.85. The summed E-state index contributed by atoms with van der Waals surface area (Å²) in [6.07, 6.45) is 1.61. The van der Waals surface area contributed by atoms with E-state index in [9.17, 15) is 9.59 Å². The van der Waals surface area contributed by atoms with Crippen molar-refractivity contribution < 1.29 is 4.79 Å². The number of nitrogens with zero attached hydrogens (tertiary/aromatic N) is 2. The molecular formula is C22H19N3O2. The molecule has 4 aromatic rings. The van der Waals surface area contributed by atoms with Gasteiger partial charge in [-0.25, -0.2) is 4.68 Å². The SMILES string of the molecule is CC(NC(=O)Cn1ncc2ccccc2c1=O)c1ccc2ccccc2c1. The molecule has 1 unspecified atom stereocenters. The van der Waals surface area contributed by atoms with Gasteiger partial charge in [0.2, 0.25) is 5.91 Å². The van der Waals surface area contributed by atoms with Crippen molar-refractivity contribution in [2.45, 2.75) is 19.5 Å². The summed E-state index contributed by atoms with van der Waals surface area (Å²) in [6.45, 7) is 1.82. The number of carbonyl (C=O) groups is 1. The largest absolute Gasteiger partial charge is 0.348 e. The Morgan fingerprint density at radius 2 is 1.70 bits per heavy atom. The van der Waals surface area contributed by atoms with Crippen LogP contribution in [0.3, 0.4) is 0 Å². The van der Waals surface area contributed by atoms with Crippen LogP contribution in [0.1, 0.15) is 18.5 Å². The number of hydrogen-bond acceptors (Lipinski definition) is 3. The van der Waals surface area contributed by atoms with E-state index in [-0.39, 0.29) is 24.1 Å². The molecule has 0 bridgehead atoms. The van der Waals surface area contributed by atoms with Gasteiger partial charge in [-0.15, -0.1) is 0 Å². The minimum Gasteiger partial charge on any atom is -0.348 e. The van der Waals surface area contributed by atoms with E-state index in [1.54, 1.807) is 18.3 Å². The maximum Gasteiger partial charge on any atom is 0.275 e. The van der Waals surface area contributed by atoms with Crippen LogP contribution < -0.4 is 10.9 Å². The molecule has 0 spiro atoms. The molecule has 1 amide bonds. The molecule has 1 N–H and O–H groups in total. The summed E-state index contributed by atoms with van der Waals surface area (Å²) in [5, 5.41) is 10.7. The molecule has 5 heteroatoms. The van der Waals surface area contributed by atoms with Gasteiger partial charge in [-0.2, -0.15) is 5.10 Å². The molecule has 5 nitrogen and oxygen atoms in total. The van der Waals surface area contributed by atoms with Gasteiger partial charge in [-0.1, -0.05) is 54.6 Å². The van der Waals surface area contributed by atoms with Gasteiger partial charge in [0.1, 0.15) is 6.54 Å². The predicted molar refractivity (Wildman–Crippen MR) is 107 cm³/mol. The van der Waals surface area contributed by atoms with Crippen molar-refractivity contribution in [3.63, 3.8) is 0 Å². The van der Waals surface area contributed by atoms with E-state index < -0.39 is 0 Å². The Labute approximate surface area is 156 Å². The van der Waals surface area contributed by atoms with E-state index in [4.69, 9.17) is 0 Å². The van der Waals surface area contributed by atoms with Crippen molar-refractivity contribution >= 4 is 27.5 Å². The smallest absolute Gasteiger partial charge is 0.275 e. The van der Waals surface area contributed by atoms with Crippen LogP contribution in [-0.2, 0) is 11.3 Å². The molecule has 3 aromatic carbocycles. The summed E-state index contributed by atoms with van der Waals surface area (Å²) in [5.41, 5.74) is 0.752. The topological polar surface area (TPSA) is 64.0 Å². The van der Waals surface area contributed by atoms with Crippen LogP contribution in [0.2, 0.25) is 0 Å². The lowest BCUT2D eigenvalue weighted by atomic mass is 10.0. The van der Waals surface area contributed by atoms with Crippen LogP contribution in [0.25, 0.3) is 21.5 Å². The van der Waals surface area contributed by atoms with Crippen molar-refractivity contribution in [2.75, 3.05) is 0 Å². The Hall–Kier alpha value is -3.47. The Kier molecular flexibility index (Phi) is 4.42. The van der Waals surface area contributed by atoms with Crippen LogP contribution in [-0.4, -0.2) is 15.7 Å². The fourth-order valence-electron chi connectivity index (χ4n) is 3.22. The minimum atomic E-state index is -0.262. The quantitative estimate of drug-likeness (QED) is 0.609. The molecule has 0 aliphatic heterocycles. The number of amides is 1. The monoisotopic (exact) mass is 357 g/mol. The first kappa shape index (κ1) is 17.0. The summed E-state index contributed by atoms with van der Waals surface area (Å²) in [7, 11) is 0. The Bertz CT molecular complexity index is 1200. The Balaban J connectivity index is 1.51. The zero-order valence-corrected chi connectivity index (χ0v) is 14.9. The fourth-order valence-corrected chi connectivity index (χ4v) is 3.22. The minimum absolute atomic E-state index is 0.110. The van der Waals surface area contributed by atoms with Crippen molar-refractivity contribution in [2.24, 2.45) is 0 Å². The molecule has 0 aliphatic rings. The number of carbonyl (C=O) groups excluding carboxylic acids is 1. The van der Waals surface area contributed by atoms with Gasteiger partial charge >= 0.3 is 0 Å². The first-order valence-electron chi connectivity index (χ1n) is 8.85. The second-order valence-electron chi connectivity index (χ2n) is 6.59. The highest BCUT2D eigenvalue weighted by Gasteiger charge is 2.12. The molecule has 0 aliphatic carbocycles. The van der Waals surface area contributed by atoms with Crippen LogP contribution >= 0.6 is 0 Å². The number of benzene rings is 3. The van der Waals surface area contributed by atoms with Gasteiger partial charge in [0.15, 0.2) is 0 Å². The highest BCUT2D eigenvalue weighted by atomic mass is 16.2. The van der Waals surface area contributed by atoms with Gasteiger partial charge in [-0.3, -0.25) is 9.59 Å². The molecule has 1 heterocycles. The molecule has 1 aromatic heterocycles. The molecule has 1 atom stereocenters. The van der Waals surface area contributed by atoms with Gasteiger partial charge in [0.05, 0.1) is 17.6 Å². The van der Waals surface area contributed by atoms with Crippen molar-refractivity contribution in [3.8, 4) is 0 Å². The van der Waals surface area contributed by atoms with E-state index in [1.165, 1.54) is 4.68 Å². The van der Waals surface area contributed by atoms with Crippen LogP contribution in [0, 0.1) is 0 Å². The third kappa shape index (κ3) is 3.44.